The van der Waals surface area contributed by atoms with Crippen LogP contribution in [0.25, 0.3) is 22.0 Å². The Morgan fingerprint density at radius 1 is 1.12 bits per heavy atom. The number of fused-ring (bicyclic) bond motifs is 2. The van der Waals surface area contributed by atoms with Crippen LogP contribution in [0.15, 0.2) is 48.8 Å². The predicted octanol–water partition coefficient (Wildman–Crippen LogP) is 2.60. The number of aromatic nitrogens is 3. The maximum absolute atomic E-state index is 15.2. The maximum atomic E-state index is 15.2. The zero-order chi connectivity index (χ0) is 22.8. The van der Waals surface area contributed by atoms with Crippen LogP contribution in [-0.2, 0) is 18.9 Å². The summed E-state index contributed by atoms with van der Waals surface area (Å²) in [5.41, 5.74) is 2.44. The van der Waals surface area contributed by atoms with Crippen LogP contribution in [0, 0.1) is 11.6 Å². The van der Waals surface area contributed by atoms with E-state index in [-0.39, 0.29) is 18.0 Å². The Morgan fingerprint density at radius 2 is 1.84 bits per heavy atom. The first kappa shape index (κ1) is 20.7. The predicted molar refractivity (Wildman–Crippen MR) is 124 cm³/mol. The van der Waals surface area contributed by atoms with E-state index in [4.69, 9.17) is 11.6 Å². The molecule has 0 saturated heterocycles. The standard InChI is InChI=1S/C22H17B2ClF2N4O/c1-30-9-14-12(4-5-16(25)19(14)29-30)11-7-17(26)15(18(27)8-11)10-31-21(32)13-3-2-6-28-20(13)22(31,23)24/h2-9H,10,23-24H2,1H3. The first-order valence-corrected chi connectivity index (χ1v) is 10.4. The first-order chi connectivity index (χ1) is 15.2. The lowest BCUT2D eigenvalue weighted by atomic mass is 9.59. The third-order valence-corrected chi connectivity index (χ3v) is 6.35. The number of halogens is 3. The third-order valence-electron chi connectivity index (χ3n) is 6.05. The van der Waals surface area contributed by atoms with Crippen LogP contribution in [0.4, 0.5) is 8.78 Å². The molecule has 1 aliphatic heterocycles. The lowest BCUT2D eigenvalue weighted by Gasteiger charge is -2.32. The molecule has 5 rings (SSSR count). The van der Waals surface area contributed by atoms with Crippen molar-refractivity contribution in [3.63, 3.8) is 0 Å². The molecule has 0 N–H and O–H groups in total. The molecular formula is C22H17B2ClF2N4O. The molecule has 4 aromatic rings. The maximum Gasteiger partial charge on any atom is 0.255 e. The van der Waals surface area contributed by atoms with Crippen molar-refractivity contribution >= 4 is 44.1 Å². The van der Waals surface area contributed by atoms with Gasteiger partial charge in [0, 0.05) is 35.7 Å². The van der Waals surface area contributed by atoms with Crippen LogP contribution >= 0.6 is 11.6 Å². The van der Waals surface area contributed by atoms with Crippen LogP contribution in [0.1, 0.15) is 21.6 Å². The van der Waals surface area contributed by atoms with Crippen LogP contribution in [0.5, 0.6) is 0 Å². The van der Waals surface area contributed by atoms with Crippen molar-refractivity contribution in [3.05, 3.63) is 82.3 Å². The summed E-state index contributed by atoms with van der Waals surface area (Å²) in [7, 11) is 5.40. The number of nitrogens with zero attached hydrogens (tertiary/aromatic N) is 4. The summed E-state index contributed by atoms with van der Waals surface area (Å²) in [6.45, 7) is -0.205. The van der Waals surface area contributed by atoms with E-state index in [9.17, 15) is 4.79 Å². The molecule has 10 heteroatoms. The number of hydrogen-bond acceptors (Lipinski definition) is 3. The van der Waals surface area contributed by atoms with Crippen LogP contribution in [0.3, 0.4) is 0 Å². The second kappa shape index (κ2) is 7.17. The number of carbonyl (C=O) groups excluding carboxylic acids is 1. The third kappa shape index (κ3) is 3.03. The topological polar surface area (TPSA) is 51.0 Å². The number of hydrogen-bond donors (Lipinski definition) is 0. The molecule has 2 aromatic heterocycles. The van der Waals surface area contributed by atoms with Crippen LogP contribution in [0.2, 0.25) is 5.02 Å². The van der Waals surface area contributed by atoms with Gasteiger partial charge in [-0.3, -0.25) is 14.5 Å². The normalized spacial score (nSPS) is 14.9. The Kier molecular flexibility index (Phi) is 4.64. The molecule has 0 aliphatic carbocycles. The van der Waals surface area contributed by atoms with Crippen molar-refractivity contribution < 1.29 is 13.6 Å². The quantitative estimate of drug-likeness (QED) is 0.453. The molecule has 158 valence electrons. The van der Waals surface area contributed by atoms with Gasteiger partial charge in [-0.15, -0.1) is 0 Å². The highest BCUT2D eigenvalue weighted by Crippen LogP contribution is 2.37. The summed E-state index contributed by atoms with van der Waals surface area (Å²) in [5.74, 6) is -1.74. The minimum atomic E-state index is -0.788. The highest BCUT2D eigenvalue weighted by Gasteiger charge is 2.44. The summed E-state index contributed by atoms with van der Waals surface area (Å²) in [4.78, 5) is 18.7. The summed E-state index contributed by atoms with van der Waals surface area (Å²) in [5, 5.41) is 4.69. The molecule has 0 radical (unpaired) electrons. The van der Waals surface area contributed by atoms with E-state index in [1.165, 1.54) is 17.0 Å². The number of benzene rings is 2. The van der Waals surface area contributed by atoms with Gasteiger partial charge in [0.25, 0.3) is 5.91 Å². The molecule has 0 fully saturated rings. The Morgan fingerprint density at radius 3 is 2.53 bits per heavy atom. The van der Waals surface area contributed by atoms with Crippen LogP contribution in [-0.4, -0.2) is 41.3 Å². The summed E-state index contributed by atoms with van der Waals surface area (Å²) in [6, 6.07) is 9.31. The monoisotopic (exact) mass is 448 g/mol. The van der Waals surface area contributed by atoms with Gasteiger partial charge in [0.15, 0.2) is 0 Å². The number of aryl methyl sites for hydroxylation is 1. The Labute approximate surface area is 189 Å². The average molecular weight is 448 g/mol. The van der Waals surface area contributed by atoms with Gasteiger partial charge >= 0.3 is 0 Å². The fraction of sp³-hybridized carbons (Fsp3) is 0.136. The van der Waals surface area contributed by atoms with E-state index in [1.807, 2.05) is 15.7 Å². The van der Waals surface area contributed by atoms with Gasteiger partial charge in [0.05, 0.1) is 22.8 Å². The Hall–Kier alpha value is -3.19. The van der Waals surface area contributed by atoms with Gasteiger partial charge in [-0.1, -0.05) is 17.7 Å². The molecule has 0 saturated carbocycles. The zero-order valence-corrected chi connectivity index (χ0v) is 18.4. The number of pyridine rings is 1. The average Bonchev–Trinajstić information content (AvgIpc) is 3.22. The van der Waals surface area contributed by atoms with Crippen molar-refractivity contribution in [2.24, 2.45) is 7.05 Å². The van der Waals surface area contributed by atoms with E-state index in [1.54, 1.807) is 48.4 Å². The number of carbonyl (C=O) groups is 1. The smallest absolute Gasteiger partial charge is 0.255 e. The molecule has 1 amide bonds. The highest BCUT2D eigenvalue weighted by molar-refractivity contribution is 6.42. The Balaban J connectivity index is 1.55. The second-order valence-electron chi connectivity index (χ2n) is 8.43. The van der Waals surface area contributed by atoms with Gasteiger partial charge in [-0.25, -0.2) is 8.78 Å². The molecule has 0 unspecified atom stereocenters. The zero-order valence-electron chi connectivity index (χ0n) is 17.7. The fourth-order valence-corrected chi connectivity index (χ4v) is 4.57. The van der Waals surface area contributed by atoms with Gasteiger partial charge in [0.1, 0.15) is 32.8 Å². The van der Waals surface area contributed by atoms with E-state index in [0.29, 0.717) is 38.3 Å². The minimum Gasteiger partial charge on any atom is -0.339 e. The van der Waals surface area contributed by atoms with Crippen molar-refractivity contribution in [2.45, 2.75) is 11.9 Å². The van der Waals surface area contributed by atoms with Crippen molar-refractivity contribution in [2.75, 3.05) is 0 Å². The highest BCUT2D eigenvalue weighted by atomic mass is 35.5. The Bertz CT molecular complexity index is 1400. The number of amides is 1. The molecule has 3 heterocycles. The fourth-order valence-electron chi connectivity index (χ4n) is 4.37. The van der Waals surface area contributed by atoms with E-state index < -0.39 is 17.0 Å². The summed E-state index contributed by atoms with van der Waals surface area (Å²) in [6.07, 6.45) is 3.37. The molecule has 5 nitrogen and oxygen atoms in total. The second-order valence-corrected chi connectivity index (χ2v) is 8.84. The lowest BCUT2D eigenvalue weighted by Crippen LogP contribution is -2.45. The molecular weight excluding hydrogens is 431 g/mol. The van der Waals surface area contributed by atoms with Gasteiger partial charge in [-0.2, -0.15) is 5.10 Å². The molecule has 0 spiro atoms. The first-order valence-electron chi connectivity index (χ1n) is 10.1. The van der Waals surface area contributed by atoms with Gasteiger partial charge in [0.2, 0.25) is 0 Å². The van der Waals surface area contributed by atoms with E-state index in [0.717, 1.165) is 0 Å². The van der Waals surface area contributed by atoms with Crippen molar-refractivity contribution in [1.82, 2.24) is 19.7 Å². The minimum absolute atomic E-state index is 0.167. The van der Waals surface area contributed by atoms with Crippen molar-refractivity contribution in [1.29, 1.82) is 0 Å². The van der Waals surface area contributed by atoms with Gasteiger partial charge in [-0.05, 0) is 41.5 Å². The lowest BCUT2D eigenvalue weighted by molar-refractivity contribution is 0.0727. The molecule has 2 aromatic carbocycles. The van der Waals surface area contributed by atoms with Crippen molar-refractivity contribution in [3.8, 4) is 11.1 Å². The largest absolute Gasteiger partial charge is 0.339 e. The molecule has 1 aliphatic rings. The van der Waals surface area contributed by atoms with Crippen LogP contribution < -0.4 is 0 Å². The number of rotatable bonds is 3. The molecule has 0 bridgehead atoms. The molecule has 0 atom stereocenters. The summed E-state index contributed by atoms with van der Waals surface area (Å²) >= 11 is 6.22. The summed E-state index contributed by atoms with van der Waals surface area (Å²) < 4.78 is 32.0. The SMILES string of the molecule is BC1(B)c2ncccc2C(=O)N1Cc1c(F)cc(-c2ccc(Cl)c3nn(C)cc23)cc1F. The van der Waals surface area contributed by atoms with Gasteiger partial charge < -0.3 is 4.90 Å². The molecule has 32 heavy (non-hydrogen) atoms. The van der Waals surface area contributed by atoms with E-state index >= 15 is 8.78 Å². The van der Waals surface area contributed by atoms with E-state index in [2.05, 4.69) is 10.1 Å².